The molecule has 0 aliphatic rings. The van der Waals surface area contributed by atoms with Crippen molar-refractivity contribution in [3.05, 3.63) is 41.3 Å². The van der Waals surface area contributed by atoms with E-state index in [0.717, 1.165) is 16.0 Å². The van der Waals surface area contributed by atoms with Crippen LogP contribution >= 0.6 is 15.9 Å². The van der Waals surface area contributed by atoms with Gasteiger partial charge < -0.3 is 9.73 Å². The van der Waals surface area contributed by atoms with E-state index < -0.39 is 0 Å². The van der Waals surface area contributed by atoms with E-state index in [1.165, 1.54) is 6.39 Å². The first kappa shape index (κ1) is 9.21. The van der Waals surface area contributed by atoms with Crippen molar-refractivity contribution >= 4 is 21.6 Å². The summed E-state index contributed by atoms with van der Waals surface area (Å²) in [5, 5.41) is 3.17. The lowest BCUT2D eigenvalue weighted by atomic mass is 10.4. The third-order valence-electron chi connectivity index (χ3n) is 1.68. The number of aromatic nitrogens is 2. The highest BCUT2D eigenvalue weighted by atomic mass is 79.9. The predicted molar refractivity (Wildman–Crippen MR) is 55.8 cm³/mol. The fourth-order valence-electron chi connectivity index (χ4n) is 0.998. The van der Waals surface area contributed by atoms with Crippen LogP contribution < -0.4 is 5.32 Å². The van der Waals surface area contributed by atoms with Gasteiger partial charge in [0.1, 0.15) is 10.9 Å². The molecule has 0 atom stereocenters. The molecule has 0 bridgehead atoms. The van der Waals surface area contributed by atoms with Crippen molar-refractivity contribution in [3.63, 3.8) is 0 Å². The van der Waals surface area contributed by atoms with Crippen LogP contribution in [-0.2, 0) is 6.54 Å². The molecule has 1 N–H and O–H groups in total. The molecule has 0 saturated heterocycles. The number of hydrogen-bond donors (Lipinski definition) is 1. The molecule has 2 rings (SSSR count). The molecule has 2 aromatic heterocycles. The van der Waals surface area contributed by atoms with Crippen LogP contribution in [0.3, 0.4) is 0 Å². The highest BCUT2D eigenvalue weighted by Gasteiger charge is 1.96. The van der Waals surface area contributed by atoms with Gasteiger partial charge in [0, 0.05) is 0 Å². The Morgan fingerprint density at radius 2 is 2.29 bits per heavy atom. The summed E-state index contributed by atoms with van der Waals surface area (Å²) < 4.78 is 5.67. The van der Waals surface area contributed by atoms with Crippen molar-refractivity contribution in [2.45, 2.75) is 6.54 Å². The summed E-state index contributed by atoms with van der Waals surface area (Å²) >= 11 is 3.27. The fourth-order valence-corrected chi connectivity index (χ4v) is 1.23. The topological polar surface area (TPSA) is 51.0 Å². The van der Waals surface area contributed by atoms with Gasteiger partial charge in [-0.2, -0.15) is 0 Å². The molecule has 0 aliphatic heterocycles. The molecule has 0 fully saturated rings. The largest absolute Gasteiger partial charge is 0.451 e. The Kier molecular flexibility index (Phi) is 2.78. The van der Waals surface area contributed by atoms with E-state index in [-0.39, 0.29) is 0 Å². The molecule has 2 aromatic rings. The molecular weight excluding hydrogens is 246 g/mol. The minimum absolute atomic E-state index is 0.639. The van der Waals surface area contributed by atoms with Gasteiger partial charge in [-0.05, 0) is 28.1 Å². The second-order valence-electron chi connectivity index (χ2n) is 2.70. The molecular formula is C9H8BrN3O. The quantitative estimate of drug-likeness (QED) is 0.854. The average molecular weight is 254 g/mol. The summed E-state index contributed by atoms with van der Waals surface area (Å²) in [4.78, 5) is 8.08. The maximum absolute atomic E-state index is 4.85. The molecule has 0 amide bonds. The SMILES string of the molecule is Brc1ccc(NCc2cocn2)cn1. The van der Waals surface area contributed by atoms with Gasteiger partial charge in [0.2, 0.25) is 0 Å². The van der Waals surface area contributed by atoms with Crippen LogP contribution in [0.4, 0.5) is 5.69 Å². The van der Waals surface area contributed by atoms with Crippen molar-refractivity contribution in [3.8, 4) is 0 Å². The third kappa shape index (κ3) is 2.32. The number of nitrogens with zero attached hydrogens (tertiary/aromatic N) is 2. The van der Waals surface area contributed by atoms with Crippen molar-refractivity contribution in [2.24, 2.45) is 0 Å². The summed E-state index contributed by atoms with van der Waals surface area (Å²) in [6.45, 7) is 0.639. The molecule has 0 spiro atoms. The number of nitrogens with one attached hydrogen (secondary N) is 1. The summed E-state index contributed by atoms with van der Waals surface area (Å²) in [6, 6.07) is 3.82. The number of anilines is 1. The Bertz CT molecular complexity index is 385. The second-order valence-corrected chi connectivity index (χ2v) is 3.52. The summed E-state index contributed by atoms with van der Waals surface area (Å²) in [5.74, 6) is 0. The van der Waals surface area contributed by atoms with Crippen LogP contribution in [0.1, 0.15) is 5.69 Å². The van der Waals surface area contributed by atoms with Gasteiger partial charge in [0.05, 0.1) is 24.1 Å². The molecule has 4 nitrogen and oxygen atoms in total. The van der Waals surface area contributed by atoms with Crippen LogP contribution in [-0.4, -0.2) is 9.97 Å². The molecule has 14 heavy (non-hydrogen) atoms. The van der Waals surface area contributed by atoms with Gasteiger partial charge in [0.25, 0.3) is 0 Å². The number of hydrogen-bond acceptors (Lipinski definition) is 4. The van der Waals surface area contributed by atoms with Crippen LogP contribution in [0, 0.1) is 0 Å². The minimum atomic E-state index is 0.639. The van der Waals surface area contributed by atoms with E-state index in [4.69, 9.17) is 4.42 Å². The molecule has 0 radical (unpaired) electrons. The Labute approximate surface area is 89.5 Å². The van der Waals surface area contributed by atoms with Gasteiger partial charge in [-0.25, -0.2) is 9.97 Å². The third-order valence-corrected chi connectivity index (χ3v) is 2.15. The van der Waals surface area contributed by atoms with Gasteiger partial charge >= 0.3 is 0 Å². The molecule has 0 aromatic carbocycles. The molecule has 0 unspecified atom stereocenters. The van der Waals surface area contributed by atoms with E-state index in [2.05, 4.69) is 31.2 Å². The van der Waals surface area contributed by atoms with Crippen molar-refractivity contribution < 1.29 is 4.42 Å². The first-order valence-electron chi connectivity index (χ1n) is 4.07. The number of oxazole rings is 1. The predicted octanol–water partition coefficient (Wildman–Crippen LogP) is 2.44. The smallest absolute Gasteiger partial charge is 0.180 e. The van der Waals surface area contributed by atoms with Crippen molar-refractivity contribution in [2.75, 3.05) is 5.32 Å². The Morgan fingerprint density at radius 1 is 1.36 bits per heavy atom. The molecule has 5 heteroatoms. The number of pyridine rings is 1. The normalized spacial score (nSPS) is 10.1. The highest BCUT2D eigenvalue weighted by molar-refractivity contribution is 9.10. The average Bonchev–Trinajstić information content (AvgIpc) is 2.70. The van der Waals surface area contributed by atoms with E-state index in [1.54, 1.807) is 12.5 Å². The fraction of sp³-hybridized carbons (Fsp3) is 0.111. The van der Waals surface area contributed by atoms with Crippen molar-refractivity contribution in [1.82, 2.24) is 9.97 Å². The Hall–Kier alpha value is -1.36. The lowest BCUT2D eigenvalue weighted by Gasteiger charge is -2.02. The van der Waals surface area contributed by atoms with Gasteiger partial charge in [0.15, 0.2) is 6.39 Å². The van der Waals surface area contributed by atoms with Crippen LogP contribution in [0.15, 0.2) is 40.0 Å². The second kappa shape index (κ2) is 4.23. The zero-order valence-electron chi connectivity index (χ0n) is 7.27. The van der Waals surface area contributed by atoms with E-state index >= 15 is 0 Å². The molecule has 0 saturated carbocycles. The Morgan fingerprint density at radius 3 is 2.93 bits per heavy atom. The Balaban J connectivity index is 1.95. The maximum atomic E-state index is 4.85. The zero-order chi connectivity index (χ0) is 9.80. The van der Waals surface area contributed by atoms with E-state index in [0.29, 0.717) is 6.54 Å². The van der Waals surface area contributed by atoms with Crippen molar-refractivity contribution in [1.29, 1.82) is 0 Å². The van der Waals surface area contributed by atoms with E-state index in [1.807, 2.05) is 12.1 Å². The van der Waals surface area contributed by atoms with Gasteiger partial charge in [-0.1, -0.05) is 0 Å². The summed E-state index contributed by atoms with van der Waals surface area (Å²) in [7, 11) is 0. The first-order valence-corrected chi connectivity index (χ1v) is 4.86. The lowest BCUT2D eigenvalue weighted by Crippen LogP contribution is -1.99. The molecule has 72 valence electrons. The maximum Gasteiger partial charge on any atom is 0.180 e. The first-order chi connectivity index (χ1) is 6.84. The van der Waals surface area contributed by atoms with Crippen LogP contribution in [0.5, 0.6) is 0 Å². The van der Waals surface area contributed by atoms with E-state index in [9.17, 15) is 0 Å². The highest BCUT2D eigenvalue weighted by Crippen LogP contribution is 2.11. The number of halogens is 1. The van der Waals surface area contributed by atoms with Gasteiger partial charge in [-0.15, -0.1) is 0 Å². The molecule has 0 aliphatic carbocycles. The van der Waals surface area contributed by atoms with Crippen LogP contribution in [0.2, 0.25) is 0 Å². The standard InChI is InChI=1S/C9H8BrN3O/c10-9-2-1-7(3-12-9)11-4-8-5-14-6-13-8/h1-3,5-6,11H,4H2. The summed E-state index contributed by atoms with van der Waals surface area (Å²) in [6.07, 6.45) is 4.78. The van der Waals surface area contributed by atoms with Gasteiger partial charge in [-0.3, -0.25) is 0 Å². The van der Waals surface area contributed by atoms with Crippen LogP contribution in [0.25, 0.3) is 0 Å². The zero-order valence-corrected chi connectivity index (χ0v) is 8.86. The summed E-state index contributed by atoms with van der Waals surface area (Å²) in [5.41, 5.74) is 1.82. The number of rotatable bonds is 3. The monoisotopic (exact) mass is 253 g/mol. The lowest BCUT2D eigenvalue weighted by molar-refractivity contribution is 0.556. The minimum Gasteiger partial charge on any atom is -0.451 e. The molecule has 2 heterocycles.